The van der Waals surface area contributed by atoms with Gasteiger partial charge in [0, 0.05) is 0 Å². The van der Waals surface area contributed by atoms with Crippen molar-refractivity contribution in [3.05, 3.63) is 65.7 Å². The minimum Gasteiger partial charge on any atom is -0.497 e. The van der Waals surface area contributed by atoms with Gasteiger partial charge >= 0.3 is 6.03 Å². The molecule has 128 valence electrons. The second-order valence-corrected chi connectivity index (χ2v) is 5.84. The number of carbonyl (C=O) groups excluding carboxylic acids is 1. The molecule has 0 fully saturated rings. The maximum atomic E-state index is 12.1. The number of benzene rings is 2. The van der Waals surface area contributed by atoms with Crippen LogP contribution in [0.5, 0.6) is 5.75 Å². The van der Waals surface area contributed by atoms with Crippen LogP contribution < -0.4 is 15.5 Å². The molecule has 0 aliphatic rings. The molecule has 5 heteroatoms. The van der Waals surface area contributed by atoms with Crippen molar-refractivity contribution in [1.29, 1.82) is 0 Å². The Balaban J connectivity index is 1.88. The normalized spacial score (nSPS) is 11.8. The van der Waals surface area contributed by atoms with E-state index in [1.54, 1.807) is 7.11 Å². The second kappa shape index (κ2) is 8.93. The molecule has 2 aromatic rings. The van der Waals surface area contributed by atoms with Gasteiger partial charge < -0.3 is 10.1 Å². The van der Waals surface area contributed by atoms with Crippen molar-refractivity contribution in [3.63, 3.8) is 0 Å². The van der Waals surface area contributed by atoms with E-state index in [0.717, 1.165) is 16.9 Å². The monoisotopic (exact) mass is 328 g/mol. The van der Waals surface area contributed by atoms with Crippen LogP contribution in [0.1, 0.15) is 31.0 Å². The topological polar surface area (TPSA) is 59.6 Å². The minimum absolute atomic E-state index is 0.115. The summed E-state index contributed by atoms with van der Waals surface area (Å²) < 4.78 is 5.17. The zero-order chi connectivity index (χ0) is 17.4. The Morgan fingerprint density at radius 1 is 1.04 bits per heavy atom. The van der Waals surface area contributed by atoms with Crippen LogP contribution in [0.4, 0.5) is 4.79 Å². The number of rotatable bonds is 7. The first-order chi connectivity index (χ1) is 11.6. The highest BCUT2D eigenvalue weighted by molar-refractivity contribution is 5.73. The number of ether oxygens (including phenoxy) is 1. The van der Waals surface area contributed by atoms with Crippen molar-refractivity contribution in [2.75, 3.05) is 7.11 Å². The summed E-state index contributed by atoms with van der Waals surface area (Å²) in [6.45, 7) is 4.43. The summed E-state index contributed by atoms with van der Waals surface area (Å²) in [6, 6.07) is 16.9. The highest BCUT2D eigenvalue weighted by atomic mass is 16.7. The summed E-state index contributed by atoms with van der Waals surface area (Å²) in [4.78, 5) is 17.3. The molecule has 2 aromatic carbocycles. The molecule has 0 aliphatic carbocycles. The predicted molar refractivity (Wildman–Crippen MR) is 93.5 cm³/mol. The lowest BCUT2D eigenvalue weighted by Crippen LogP contribution is -2.39. The summed E-state index contributed by atoms with van der Waals surface area (Å²) in [5.41, 5.74) is 4.45. The molecule has 2 rings (SSSR count). The molecule has 1 unspecified atom stereocenters. The van der Waals surface area contributed by atoms with Crippen LogP contribution in [0.15, 0.2) is 54.6 Å². The van der Waals surface area contributed by atoms with Gasteiger partial charge in [0.15, 0.2) is 0 Å². The number of urea groups is 1. The van der Waals surface area contributed by atoms with Crippen LogP contribution in [0.2, 0.25) is 0 Å². The zero-order valence-electron chi connectivity index (χ0n) is 14.3. The molecular weight excluding hydrogens is 304 g/mol. The number of nitrogens with one attached hydrogen (secondary N) is 2. The number of methoxy groups -OCH3 is 1. The van der Waals surface area contributed by atoms with Gasteiger partial charge in [0.1, 0.15) is 5.75 Å². The Morgan fingerprint density at radius 3 is 2.29 bits per heavy atom. The number of hydroxylamine groups is 1. The van der Waals surface area contributed by atoms with Gasteiger partial charge in [-0.2, -0.15) is 0 Å². The third-order valence-electron chi connectivity index (χ3n) is 3.67. The van der Waals surface area contributed by atoms with Crippen LogP contribution in [-0.2, 0) is 11.4 Å². The predicted octanol–water partition coefficient (Wildman–Crippen LogP) is 3.82. The molecule has 0 aromatic heterocycles. The average molecular weight is 328 g/mol. The highest BCUT2D eigenvalue weighted by Gasteiger charge is 2.18. The summed E-state index contributed by atoms with van der Waals surface area (Å²) >= 11 is 0. The molecule has 0 aliphatic heterocycles. The molecule has 0 heterocycles. The van der Waals surface area contributed by atoms with Gasteiger partial charge in [0.05, 0.1) is 19.8 Å². The first-order valence-electron chi connectivity index (χ1n) is 7.96. The molecule has 0 bridgehead atoms. The molecule has 5 nitrogen and oxygen atoms in total. The van der Waals surface area contributed by atoms with E-state index < -0.39 is 0 Å². The molecule has 24 heavy (non-hydrogen) atoms. The Labute approximate surface area is 142 Å². The second-order valence-electron chi connectivity index (χ2n) is 5.84. The van der Waals surface area contributed by atoms with E-state index in [9.17, 15) is 4.79 Å². The van der Waals surface area contributed by atoms with E-state index in [1.807, 2.05) is 54.6 Å². The molecule has 0 radical (unpaired) electrons. The van der Waals surface area contributed by atoms with Crippen molar-refractivity contribution >= 4 is 6.03 Å². The van der Waals surface area contributed by atoms with E-state index >= 15 is 0 Å². The van der Waals surface area contributed by atoms with E-state index in [0.29, 0.717) is 6.61 Å². The fraction of sp³-hybridized carbons (Fsp3) is 0.316. The molecule has 1 atom stereocenters. The first-order valence-corrected chi connectivity index (χ1v) is 7.96. The third-order valence-corrected chi connectivity index (χ3v) is 3.67. The summed E-state index contributed by atoms with van der Waals surface area (Å²) in [6.07, 6.45) is 0. The lowest BCUT2D eigenvalue weighted by atomic mass is 9.96. The van der Waals surface area contributed by atoms with E-state index in [-0.39, 0.29) is 18.0 Å². The Kier molecular flexibility index (Phi) is 6.63. The number of carbonyl (C=O) groups is 1. The lowest BCUT2D eigenvalue weighted by molar-refractivity contribution is 0.0475. The molecule has 0 spiro atoms. The van der Waals surface area contributed by atoms with E-state index in [1.165, 1.54) is 0 Å². The Hall–Kier alpha value is -2.53. The van der Waals surface area contributed by atoms with Crippen LogP contribution in [0.25, 0.3) is 0 Å². The fourth-order valence-electron chi connectivity index (χ4n) is 2.38. The average Bonchev–Trinajstić information content (AvgIpc) is 2.60. The maximum Gasteiger partial charge on any atom is 0.339 e. The van der Waals surface area contributed by atoms with Crippen LogP contribution in [0.3, 0.4) is 0 Å². The van der Waals surface area contributed by atoms with Crippen molar-refractivity contribution in [1.82, 2.24) is 10.8 Å². The molecule has 2 N–H and O–H groups in total. The third kappa shape index (κ3) is 5.28. The van der Waals surface area contributed by atoms with Crippen LogP contribution in [0, 0.1) is 5.92 Å². The maximum absolute atomic E-state index is 12.1. The van der Waals surface area contributed by atoms with Crippen molar-refractivity contribution in [3.8, 4) is 5.75 Å². The van der Waals surface area contributed by atoms with Gasteiger partial charge in [-0.1, -0.05) is 56.3 Å². The van der Waals surface area contributed by atoms with Gasteiger partial charge in [0.25, 0.3) is 0 Å². The standard InChI is InChI=1S/C19H24N2O3/c1-14(2)18(16-9-11-17(23-3)12-10-16)20-19(22)21-24-13-15-7-5-4-6-8-15/h4-12,14,18H,13H2,1-3H3,(H2,20,21,22). The highest BCUT2D eigenvalue weighted by Crippen LogP contribution is 2.23. The van der Waals surface area contributed by atoms with E-state index in [4.69, 9.17) is 9.57 Å². The lowest BCUT2D eigenvalue weighted by Gasteiger charge is -2.23. The zero-order valence-corrected chi connectivity index (χ0v) is 14.3. The van der Waals surface area contributed by atoms with E-state index in [2.05, 4.69) is 24.6 Å². The van der Waals surface area contributed by atoms with Gasteiger partial charge in [-0.15, -0.1) is 0 Å². The van der Waals surface area contributed by atoms with Gasteiger partial charge in [-0.3, -0.25) is 4.84 Å². The first kappa shape index (κ1) is 17.8. The van der Waals surface area contributed by atoms with Gasteiger partial charge in [0.2, 0.25) is 0 Å². The molecule has 0 saturated heterocycles. The molecule has 0 saturated carbocycles. The summed E-state index contributed by atoms with van der Waals surface area (Å²) in [7, 11) is 1.63. The number of hydrogen-bond donors (Lipinski definition) is 2. The van der Waals surface area contributed by atoms with Crippen molar-refractivity contribution in [2.24, 2.45) is 5.92 Å². The van der Waals surface area contributed by atoms with Crippen LogP contribution >= 0.6 is 0 Å². The Morgan fingerprint density at radius 2 is 1.71 bits per heavy atom. The molecular formula is C19H24N2O3. The Bertz CT molecular complexity index is 627. The number of hydrogen-bond acceptors (Lipinski definition) is 3. The van der Waals surface area contributed by atoms with Crippen LogP contribution in [-0.4, -0.2) is 13.1 Å². The number of amides is 2. The molecule has 2 amide bonds. The smallest absolute Gasteiger partial charge is 0.339 e. The minimum atomic E-state index is -0.361. The van der Waals surface area contributed by atoms with Crippen molar-refractivity contribution < 1.29 is 14.4 Å². The van der Waals surface area contributed by atoms with Gasteiger partial charge in [-0.05, 0) is 29.2 Å². The van der Waals surface area contributed by atoms with Gasteiger partial charge in [-0.25, -0.2) is 10.3 Å². The quantitative estimate of drug-likeness (QED) is 0.760. The fourth-order valence-corrected chi connectivity index (χ4v) is 2.38. The largest absolute Gasteiger partial charge is 0.497 e. The van der Waals surface area contributed by atoms with Crippen molar-refractivity contribution in [2.45, 2.75) is 26.5 Å². The summed E-state index contributed by atoms with van der Waals surface area (Å²) in [5.74, 6) is 1.02. The summed E-state index contributed by atoms with van der Waals surface area (Å²) in [5, 5.41) is 2.94. The SMILES string of the molecule is COc1ccc(C(NC(=O)NOCc2ccccc2)C(C)C)cc1.